The molecule has 2 aromatic heterocycles. The maximum Gasteiger partial charge on any atom is 0.268 e. The molecule has 0 atom stereocenters. The standard InChI is InChI=1S/C29H38N8O3/c1-3-24(30-4-2)26-7-8-31-29(35-26)33-22-5-6-25-21(17-22)18-27(34-25)28(38)32-23(19-36-9-13-39-14-10-36)20-37-11-15-40-16-12-37/h3-8,17-18,23,34H,9-16,19-20H2,1-2H3,(H,32,38)(H,31,33,35)/b24-3-,30-4?. The zero-order chi connectivity index (χ0) is 27.7. The Morgan fingerprint density at radius 3 is 2.40 bits per heavy atom. The van der Waals surface area contributed by atoms with Gasteiger partial charge in [0.05, 0.1) is 43.9 Å². The number of nitrogens with zero attached hydrogens (tertiary/aromatic N) is 5. The molecule has 1 amide bonds. The number of anilines is 2. The molecule has 0 unspecified atom stereocenters. The molecule has 0 radical (unpaired) electrons. The maximum atomic E-state index is 13.4. The number of H-pyrrole nitrogens is 1. The van der Waals surface area contributed by atoms with Crippen molar-refractivity contribution in [2.45, 2.75) is 19.9 Å². The van der Waals surface area contributed by atoms with E-state index in [1.807, 2.05) is 50.3 Å². The first-order valence-corrected chi connectivity index (χ1v) is 13.9. The van der Waals surface area contributed by atoms with Crippen molar-refractivity contribution < 1.29 is 14.3 Å². The second-order valence-corrected chi connectivity index (χ2v) is 9.93. The topological polar surface area (TPSA) is 120 Å². The Morgan fingerprint density at radius 1 is 1.05 bits per heavy atom. The summed E-state index contributed by atoms with van der Waals surface area (Å²) >= 11 is 0. The normalized spacial score (nSPS) is 17.6. The molecule has 2 aliphatic heterocycles. The van der Waals surface area contributed by atoms with E-state index in [0.717, 1.165) is 93.7 Å². The van der Waals surface area contributed by atoms with Gasteiger partial charge in [-0.15, -0.1) is 0 Å². The van der Waals surface area contributed by atoms with E-state index in [1.54, 1.807) is 12.4 Å². The van der Waals surface area contributed by atoms with Crippen LogP contribution in [0.4, 0.5) is 11.6 Å². The maximum absolute atomic E-state index is 13.4. The van der Waals surface area contributed by atoms with Crippen molar-refractivity contribution in [2.24, 2.45) is 4.99 Å². The van der Waals surface area contributed by atoms with Crippen molar-refractivity contribution in [3.05, 3.63) is 54.0 Å². The van der Waals surface area contributed by atoms with E-state index in [9.17, 15) is 4.79 Å². The van der Waals surface area contributed by atoms with Crippen molar-refractivity contribution >= 4 is 40.4 Å². The second-order valence-electron chi connectivity index (χ2n) is 9.93. The molecule has 11 heteroatoms. The van der Waals surface area contributed by atoms with Crippen LogP contribution in [0.25, 0.3) is 16.6 Å². The smallest absolute Gasteiger partial charge is 0.268 e. The summed E-state index contributed by atoms with van der Waals surface area (Å²) in [6.45, 7) is 11.8. The molecule has 212 valence electrons. The highest BCUT2D eigenvalue weighted by Gasteiger charge is 2.23. The Bertz CT molecular complexity index is 1320. The quantitative estimate of drug-likeness (QED) is 0.332. The van der Waals surface area contributed by atoms with Crippen LogP contribution < -0.4 is 10.6 Å². The van der Waals surface area contributed by atoms with Crippen LogP contribution in [0.2, 0.25) is 0 Å². The number of benzene rings is 1. The van der Waals surface area contributed by atoms with Crippen molar-refractivity contribution in [1.82, 2.24) is 30.1 Å². The van der Waals surface area contributed by atoms with E-state index < -0.39 is 0 Å². The van der Waals surface area contributed by atoms with E-state index in [4.69, 9.17) is 9.47 Å². The molecular weight excluding hydrogens is 508 g/mol. The minimum atomic E-state index is -0.108. The van der Waals surface area contributed by atoms with Crippen LogP contribution in [0.3, 0.4) is 0 Å². The number of ether oxygens (including phenoxy) is 2. The number of rotatable bonds is 10. The summed E-state index contributed by atoms with van der Waals surface area (Å²) in [6.07, 6.45) is 5.36. The highest BCUT2D eigenvalue weighted by molar-refractivity contribution is 5.99. The molecule has 3 aromatic rings. The van der Waals surface area contributed by atoms with Gasteiger partial charge in [0.15, 0.2) is 0 Å². The average molecular weight is 547 g/mol. The fourth-order valence-corrected chi connectivity index (χ4v) is 5.05. The number of nitrogens with one attached hydrogen (secondary N) is 3. The van der Waals surface area contributed by atoms with Crippen molar-refractivity contribution in [3.63, 3.8) is 0 Å². The van der Waals surface area contributed by atoms with Gasteiger partial charge in [-0.3, -0.25) is 19.6 Å². The number of hydrogen-bond donors (Lipinski definition) is 3. The third-order valence-corrected chi connectivity index (χ3v) is 7.08. The summed E-state index contributed by atoms with van der Waals surface area (Å²) < 4.78 is 11.0. The Hall–Kier alpha value is -3.64. The predicted molar refractivity (Wildman–Crippen MR) is 157 cm³/mol. The molecule has 4 heterocycles. The van der Waals surface area contributed by atoms with Gasteiger partial charge in [0.25, 0.3) is 5.91 Å². The number of aliphatic imine (C=N–C) groups is 1. The van der Waals surface area contributed by atoms with Crippen LogP contribution in [-0.4, -0.2) is 109 Å². The molecule has 3 N–H and O–H groups in total. The third-order valence-electron chi connectivity index (χ3n) is 7.08. The minimum Gasteiger partial charge on any atom is -0.379 e. The van der Waals surface area contributed by atoms with Crippen molar-refractivity contribution in [1.29, 1.82) is 0 Å². The lowest BCUT2D eigenvalue weighted by atomic mass is 10.2. The van der Waals surface area contributed by atoms with Gasteiger partial charge in [-0.25, -0.2) is 9.97 Å². The lowest BCUT2D eigenvalue weighted by Crippen LogP contribution is -2.53. The van der Waals surface area contributed by atoms with Crippen molar-refractivity contribution in [2.75, 3.05) is 71.0 Å². The Kier molecular flexibility index (Phi) is 9.50. The van der Waals surface area contributed by atoms with Crippen LogP contribution in [-0.2, 0) is 9.47 Å². The minimum absolute atomic E-state index is 0.00382. The molecule has 0 saturated carbocycles. The Morgan fingerprint density at radius 2 is 1.75 bits per heavy atom. The second kappa shape index (κ2) is 13.6. The third kappa shape index (κ3) is 7.30. The Balaban J connectivity index is 1.28. The van der Waals surface area contributed by atoms with E-state index >= 15 is 0 Å². The fourth-order valence-electron chi connectivity index (χ4n) is 5.05. The number of morpholine rings is 2. The summed E-state index contributed by atoms with van der Waals surface area (Å²) in [7, 11) is 0. The highest BCUT2D eigenvalue weighted by Crippen LogP contribution is 2.23. The average Bonchev–Trinajstić information content (AvgIpc) is 3.41. The Labute approximate surface area is 234 Å². The largest absolute Gasteiger partial charge is 0.379 e. The number of aromatic nitrogens is 3. The van der Waals surface area contributed by atoms with Gasteiger partial charge < -0.3 is 25.1 Å². The van der Waals surface area contributed by atoms with Gasteiger partial charge in [0.2, 0.25) is 5.95 Å². The molecule has 2 aliphatic rings. The molecule has 40 heavy (non-hydrogen) atoms. The van der Waals surface area contributed by atoms with Gasteiger partial charge in [0.1, 0.15) is 5.69 Å². The number of carbonyl (C=O) groups excluding carboxylic acids is 1. The number of allylic oxidation sites excluding steroid dienone is 1. The van der Waals surface area contributed by atoms with Crippen LogP contribution in [0, 0.1) is 0 Å². The molecule has 1 aromatic carbocycles. The number of aromatic amines is 1. The number of fused-ring (bicyclic) bond motifs is 1. The lowest BCUT2D eigenvalue weighted by molar-refractivity contribution is 0.0177. The van der Waals surface area contributed by atoms with Crippen LogP contribution in [0.1, 0.15) is 30.0 Å². The molecule has 0 bridgehead atoms. The zero-order valence-corrected chi connectivity index (χ0v) is 23.2. The van der Waals surface area contributed by atoms with E-state index in [-0.39, 0.29) is 11.9 Å². The van der Waals surface area contributed by atoms with Crippen molar-refractivity contribution in [3.8, 4) is 0 Å². The van der Waals surface area contributed by atoms with E-state index in [1.165, 1.54) is 0 Å². The zero-order valence-electron chi connectivity index (χ0n) is 23.2. The summed E-state index contributed by atoms with van der Waals surface area (Å²) in [4.78, 5) is 34.7. The van der Waals surface area contributed by atoms with E-state index in [2.05, 4.69) is 40.4 Å². The molecule has 0 spiro atoms. The summed E-state index contributed by atoms with van der Waals surface area (Å²) in [5, 5.41) is 7.49. The predicted octanol–water partition coefficient (Wildman–Crippen LogP) is 2.92. The SMILES string of the molecule is CC=N/C(=C\C)c1ccnc(Nc2ccc3[nH]c(C(=O)NC(CN4CCOCC4)CN4CCOCC4)cc3c2)n1. The molecule has 2 fully saturated rings. The number of hydrogen-bond acceptors (Lipinski definition) is 9. The summed E-state index contributed by atoms with van der Waals surface area (Å²) in [5.41, 5.74) is 3.77. The molecule has 2 saturated heterocycles. The summed E-state index contributed by atoms with van der Waals surface area (Å²) in [5.74, 6) is 0.369. The van der Waals surface area contributed by atoms with Gasteiger partial charge in [-0.2, -0.15) is 0 Å². The highest BCUT2D eigenvalue weighted by atomic mass is 16.5. The van der Waals surface area contributed by atoms with Crippen LogP contribution >= 0.6 is 0 Å². The van der Waals surface area contributed by atoms with Crippen LogP contribution in [0.5, 0.6) is 0 Å². The van der Waals surface area contributed by atoms with Gasteiger partial charge in [-0.05, 0) is 44.2 Å². The molecule has 11 nitrogen and oxygen atoms in total. The van der Waals surface area contributed by atoms with Crippen LogP contribution in [0.15, 0.2) is 47.6 Å². The summed E-state index contributed by atoms with van der Waals surface area (Å²) in [6, 6.07) is 9.60. The van der Waals surface area contributed by atoms with Gasteiger partial charge in [-0.1, -0.05) is 6.08 Å². The van der Waals surface area contributed by atoms with Gasteiger partial charge in [0, 0.05) is 68.3 Å². The first kappa shape index (κ1) is 27.9. The van der Waals surface area contributed by atoms with E-state index in [0.29, 0.717) is 11.6 Å². The fraction of sp³-hybridized carbons (Fsp3) is 0.448. The lowest BCUT2D eigenvalue weighted by Gasteiger charge is -2.34. The first-order chi connectivity index (χ1) is 19.6. The monoisotopic (exact) mass is 546 g/mol. The number of carbonyl (C=O) groups is 1. The molecule has 5 rings (SSSR count). The molecular formula is C29H38N8O3. The number of amides is 1. The molecule has 0 aliphatic carbocycles. The first-order valence-electron chi connectivity index (χ1n) is 13.9. The van der Waals surface area contributed by atoms with Gasteiger partial charge >= 0.3 is 0 Å².